The van der Waals surface area contributed by atoms with Gasteiger partial charge in [0.15, 0.2) is 0 Å². The molecule has 0 aliphatic rings. The molecular formula is C22H26F4O4SSi. The van der Waals surface area contributed by atoms with Gasteiger partial charge in [-0.05, 0) is 34.1 Å². The number of hydrogen-bond acceptors (Lipinski definition) is 4. The van der Waals surface area contributed by atoms with Gasteiger partial charge in [-0.25, -0.2) is 4.39 Å². The highest BCUT2D eigenvalue weighted by Crippen LogP contribution is 2.41. The van der Waals surface area contributed by atoms with Crippen LogP contribution < -0.4 is 4.18 Å². The molecular weight excluding hydrogens is 464 g/mol. The van der Waals surface area contributed by atoms with Crippen LogP contribution in [0.25, 0.3) is 10.8 Å². The first kappa shape index (κ1) is 26.0. The van der Waals surface area contributed by atoms with Gasteiger partial charge in [-0.3, -0.25) is 0 Å². The monoisotopic (exact) mass is 490 g/mol. The first-order valence-electron chi connectivity index (χ1n) is 10.0. The summed E-state index contributed by atoms with van der Waals surface area (Å²) >= 11 is 0. The van der Waals surface area contributed by atoms with Crippen LogP contribution in [0.1, 0.15) is 47.1 Å². The fourth-order valence-corrected chi connectivity index (χ4v) is 9.99. The summed E-state index contributed by atoms with van der Waals surface area (Å²) in [6.07, 6.45) is 0. The fourth-order valence-electron chi connectivity index (χ4n) is 4.34. The molecule has 176 valence electrons. The molecule has 32 heavy (non-hydrogen) atoms. The highest BCUT2D eigenvalue weighted by Gasteiger charge is 2.48. The van der Waals surface area contributed by atoms with Crippen molar-refractivity contribution >= 4 is 29.0 Å². The van der Waals surface area contributed by atoms with Gasteiger partial charge in [0.25, 0.3) is 0 Å². The smallest absolute Gasteiger partial charge is 0.507 e. The lowest BCUT2D eigenvalue weighted by Gasteiger charge is -2.38. The van der Waals surface area contributed by atoms with E-state index in [9.17, 15) is 31.1 Å². The van der Waals surface area contributed by atoms with Crippen molar-refractivity contribution in [3.63, 3.8) is 0 Å². The van der Waals surface area contributed by atoms with Gasteiger partial charge >= 0.3 is 15.6 Å². The maximum Gasteiger partial charge on any atom is 0.534 e. The summed E-state index contributed by atoms with van der Waals surface area (Å²) in [5, 5.41) is 10.5. The zero-order valence-electron chi connectivity index (χ0n) is 18.6. The maximum absolute atomic E-state index is 14.7. The molecule has 0 aliphatic heterocycles. The van der Waals surface area contributed by atoms with E-state index >= 15 is 0 Å². The summed E-state index contributed by atoms with van der Waals surface area (Å²) in [4.78, 5) is 0. The van der Waals surface area contributed by atoms with Crippen LogP contribution in [-0.4, -0.2) is 27.1 Å². The van der Waals surface area contributed by atoms with Crippen molar-refractivity contribution in [3.8, 4) is 23.0 Å². The van der Waals surface area contributed by atoms with E-state index in [1.54, 1.807) is 0 Å². The van der Waals surface area contributed by atoms with Crippen molar-refractivity contribution in [2.24, 2.45) is 0 Å². The van der Waals surface area contributed by atoms with Crippen LogP contribution in [0.3, 0.4) is 0 Å². The van der Waals surface area contributed by atoms with Crippen LogP contribution >= 0.6 is 0 Å². The highest BCUT2D eigenvalue weighted by molar-refractivity contribution is 7.88. The molecule has 0 bridgehead atoms. The van der Waals surface area contributed by atoms with Gasteiger partial charge < -0.3 is 9.29 Å². The molecule has 2 rings (SSSR count). The topological polar surface area (TPSA) is 63.6 Å². The number of rotatable bonds is 5. The van der Waals surface area contributed by atoms with Gasteiger partial charge in [0.05, 0.1) is 5.56 Å². The molecule has 0 saturated carbocycles. The minimum Gasteiger partial charge on any atom is -0.507 e. The van der Waals surface area contributed by atoms with Gasteiger partial charge in [0.1, 0.15) is 25.4 Å². The molecule has 0 heterocycles. The molecule has 0 fully saturated rings. The van der Waals surface area contributed by atoms with Crippen LogP contribution in [0.2, 0.25) is 16.6 Å². The van der Waals surface area contributed by atoms with Crippen molar-refractivity contribution in [1.29, 1.82) is 0 Å². The number of phenols is 1. The Labute approximate surface area is 186 Å². The Morgan fingerprint density at radius 1 is 1.00 bits per heavy atom. The molecule has 0 atom stereocenters. The SMILES string of the molecule is CC(C)[Si](C#Cc1c(F)ccc2cc(OS(=O)(=O)C(F)(F)F)cc(O)c12)(C(C)C)C(C)C. The molecule has 0 amide bonds. The van der Waals surface area contributed by atoms with Crippen molar-refractivity contribution in [3.05, 3.63) is 35.6 Å². The van der Waals surface area contributed by atoms with Crippen LogP contribution in [0.15, 0.2) is 24.3 Å². The third kappa shape index (κ3) is 4.74. The molecule has 0 saturated heterocycles. The maximum atomic E-state index is 14.7. The van der Waals surface area contributed by atoms with E-state index in [0.29, 0.717) is 6.07 Å². The first-order chi connectivity index (χ1) is 14.5. The van der Waals surface area contributed by atoms with E-state index in [4.69, 9.17) is 0 Å². The Kier molecular flexibility index (Phi) is 7.27. The van der Waals surface area contributed by atoms with Crippen LogP contribution in [0, 0.1) is 17.3 Å². The standard InChI is InChI=1S/C22H26F4O4SSi/c1-13(2)32(14(3)4,15(5)6)10-9-18-19(23)8-7-16-11-17(12-20(27)21(16)18)30-31(28,29)22(24,25)26/h7-8,11-15,27H,1-6H3. The molecule has 0 aromatic heterocycles. The molecule has 0 radical (unpaired) electrons. The summed E-state index contributed by atoms with van der Waals surface area (Å²) in [5.74, 6) is 0.836. The largest absolute Gasteiger partial charge is 0.534 e. The molecule has 1 N–H and O–H groups in total. The van der Waals surface area contributed by atoms with Gasteiger partial charge in [-0.2, -0.15) is 21.6 Å². The van der Waals surface area contributed by atoms with Crippen molar-refractivity contribution in [2.75, 3.05) is 0 Å². The predicted octanol–water partition coefficient (Wildman–Crippen LogP) is 6.48. The number of hydrogen-bond donors (Lipinski definition) is 1. The van der Waals surface area contributed by atoms with E-state index in [2.05, 4.69) is 57.2 Å². The first-order valence-corrected chi connectivity index (χ1v) is 13.7. The second-order valence-electron chi connectivity index (χ2n) is 8.59. The Hall–Kier alpha value is -2.25. The zero-order chi connectivity index (χ0) is 24.6. The number of alkyl halides is 3. The molecule has 10 heteroatoms. The van der Waals surface area contributed by atoms with Crippen LogP contribution in [0.5, 0.6) is 11.5 Å². The molecule has 2 aromatic rings. The summed E-state index contributed by atoms with van der Waals surface area (Å²) in [6, 6.07) is 3.97. The van der Waals surface area contributed by atoms with E-state index in [1.165, 1.54) is 6.07 Å². The average molecular weight is 491 g/mol. The average Bonchev–Trinajstić information content (AvgIpc) is 2.61. The third-order valence-electron chi connectivity index (χ3n) is 5.78. The normalized spacial score (nSPS) is 13.0. The number of phenolic OH excluding ortho intramolecular Hbond substituents is 1. The molecule has 0 spiro atoms. The zero-order valence-corrected chi connectivity index (χ0v) is 20.5. The van der Waals surface area contributed by atoms with E-state index in [1.807, 2.05) is 0 Å². The summed E-state index contributed by atoms with van der Waals surface area (Å²) < 4.78 is 79.3. The second-order valence-corrected chi connectivity index (χ2v) is 15.7. The molecule has 0 unspecified atom stereocenters. The minimum absolute atomic E-state index is 0.0200. The number of benzene rings is 2. The van der Waals surface area contributed by atoms with Gasteiger partial charge in [-0.15, -0.1) is 5.54 Å². The predicted molar refractivity (Wildman–Crippen MR) is 119 cm³/mol. The summed E-state index contributed by atoms with van der Waals surface area (Å²) in [7, 11) is -8.16. The Morgan fingerprint density at radius 2 is 1.53 bits per heavy atom. The van der Waals surface area contributed by atoms with Crippen LogP contribution in [-0.2, 0) is 10.1 Å². The minimum atomic E-state index is -5.92. The Morgan fingerprint density at radius 3 is 2.00 bits per heavy atom. The van der Waals surface area contributed by atoms with Gasteiger partial charge in [0, 0.05) is 11.5 Å². The lowest BCUT2D eigenvalue weighted by Crippen LogP contribution is -2.43. The third-order valence-corrected chi connectivity index (χ3v) is 13.0. The highest BCUT2D eigenvalue weighted by atomic mass is 32.2. The van der Waals surface area contributed by atoms with E-state index in [-0.39, 0.29) is 33.0 Å². The molecule has 2 aromatic carbocycles. The fraction of sp³-hybridized carbons (Fsp3) is 0.455. The summed E-state index contributed by atoms with van der Waals surface area (Å²) in [5.41, 5.74) is -1.56. The van der Waals surface area contributed by atoms with Gasteiger partial charge in [0.2, 0.25) is 0 Å². The van der Waals surface area contributed by atoms with Gasteiger partial charge in [-0.1, -0.05) is 53.5 Å². The molecule has 4 nitrogen and oxygen atoms in total. The lowest BCUT2D eigenvalue weighted by atomic mass is 10.0. The van der Waals surface area contributed by atoms with Crippen molar-refractivity contribution < 1.29 is 35.3 Å². The van der Waals surface area contributed by atoms with Crippen molar-refractivity contribution in [1.82, 2.24) is 0 Å². The number of halogens is 4. The number of aromatic hydroxyl groups is 1. The Balaban J connectivity index is 2.72. The van der Waals surface area contributed by atoms with E-state index in [0.717, 1.165) is 12.1 Å². The lowest BCUT2D eigenvalue weighted by molar-refractivity contribution is -0.0500. The number of fused-ring (bicyclic) bond motifs is 1. The Bertz CT molecular complexity index is 1150. The van der Waals surface area contributed by atoms with Crippen molar-refractivity contribution in [2.45, 2.75) is 63.7 Å². The van der Waals surface area contributed by atoms with Crippen LogP contribution in [0.4, 0.5) is 17.6 Å². The molecule has 0 aliphatic carbocycles. The summed E-state index contributed by atoms with van der Waals surface area (Å²) in [6.45, 7) is 12.5. The van der Waals surface area contributed by atoms with E-state index < -0.39 is 41.0 Å². The second kappa shape index (κ2) is 8.94. The quantitative estimate of drug-likeness (QED) is 0.171.